The van der Waals surface area contributed by atoms with E-state index in [-0.39, 0.29) is 13.2 Å². The smallest absolute Gasteiger partial charge is 0.330 e. The third-order valence-electron chi connectivity index (χ3n) is 3.49. The van der Waals surface area contributed by atoms with Gasteiger partial charge in [-0.05, 0) is 42.8 Å². The first-order valence-corrected chi connectivity index (χ1v) is 8.37. The van der Waals surface area contributed by atoms with Gasteiger partial charge in [0, 0.05) is 6.08 Å². The predicted molar refractivity (Wildman–Crippen MR) is 101 cm³/mol. The third kappa shape index (κ3) is 5.70. The molecule has 0 aromatic heterocycles. The predicted octanol–water partition coefficient (Wildman–Crippen LogP) is 4.30. The zero-order valence-electron chi connectivity index (χ0n) is 15.0. The molecule has 26 heavy (non-hydrogen) atoms. The molecule has 0 aliphatic rings. The number of carbonyl (C=O) groups is 1. The van der Waals surface area contributed by atoms with E-state index in [0.29, 0.717) is 22.1 Å². The van der Waals surface area contributed by atoms with E-state index >= 15 is 0 Å². The zero-order chi connectivity index (χ0) is 18.9. The van der Waals surface area contributed by atoms with Gasteiger partial charge >= 0.3 is 5.97 Å². The topological polar surface area (TPSA) is 54.0 Å². The standard InChI is InChI=1S/C20H21ClO5/c1-14-4-7-16(8-5-14)25-10-11-26-19(22)9-6-15-12-17(21)20(24-3)18(13-15)23-2/h4-9,12-13H,10-11H2,1-3H3/b9-6+. The van der Waals surface area contributed by atoms with Crippen molar-refractivity contribution in [3.05, 3.63) is 58.6 Å². The van der Waals surface area contributed by atoms with Crippen molar-refractivity contribution in [2.24, 2.45) is 0 Å². The second kappa shape index (κ2) is 9.73. The molecule has 6 heteroatoms. The Hall–Kier alpha value is -2.66. The van der Waals surface area contributed by atoms with Crippen molar-refractivity contribution in [2.45, 2.75) is 6.92 Å². The summed E-state index contributed by atoms with van der Waals surface area (Å²) in [5.41, 5.74) is 1.85. The van der Waals surface area contributed by atoms with Crippen LogP contribution in [0.2, 0.25) is 5.02 Å². The van der Waals surface area contributed by atoms with E-state index in [1.165, 1.54) is 20.3 Å². The van der Waals surface area contributed by atoms with Crippen molar-refractivity contribution in [3.8, 4) is 17.2 Å². The summed E-state index contributed by atoms with van der Waals surface area (Å²) in [5, 5.41) is 0.395. The number of hydrogen-bond acceptors (Lipinski definition) is 5. The molecule has 0 N–H and O–H groups in total. The molecule has 0 amide bonds. The van der Waals surface area contributed by atoms with Crippen LogP contribution in [-0.4, -0.2) is 33.4 Å². The fourth-order valence-electron chi connectivity index (χ4n) is 2.18. The van der Waals surface area contributed by atoms with E-state index in [2.05, 4.69) is 0 Å². The van der Waals surface area contributed by atoms with Gasteiger partial charge in [0.25, 0.3) is 0 Å². The lowest BCUT2D eigenvalue weighted by Gasteiger charge is -2.10. The Morgan fingerprint density at radius 2 is 1.81 bits per heavy atom. The molecule has 5 nitrogen and oxygen atoms in total. The van der Waals surface area contributed by atoms with E-state index in [0.717, 1.165) is 11.3 Å². The van der Waals surface area contributed by atoms with Gasteiger partial charge in [-0.25, -0.2) is 4.79 Å². The lowest BCUT2D eigenvalue weighted by atomic mass is 10.2. The summed E-state index contributed by atoms with van der Waals surface area (Å²) in [6.07, 6.45) is 2.92. The van der Waals surface area contributed by atoms with Crippen LogP contribution in [0.5, 0.6) is 17.2 Å². The molecule has 0 aliphatic carbocycles. The molecule has 2 aromatic rings. The van der Waals surface area contributed by atoms with Crippen LogP contribution < -0.4 is 14.2 Å². The Morgan fingerprint density at radius 3 is 2.46 bits per heavy atom. The summed E-state index contributed by atoms with van der Waals surface area (Å²) in [6, 6.07) is 11.1. The summed E-state index contributed by atoms with van der Waals surface area (Å²) in [5.74, 6) is 1.20. The lowest BCUT2D eigenvalue weighted by molar-refractivity contribution is -0.138. The molecule has 2 rings (SSSR count). The SMILES string of the molecule is COc1cc(/C=C/C(=O)OCCOc2ccc(C)cc2)cc(Cl)c1OC. The maximum atomic E-state index is 11.8. The molecule has 0 saturated heterocycles. The highest BCUT2D eigenvalue weighted by Crippen LogP contribution is 2.36. The molecule has 0 radical (unpaired) electrons. The number of halogens is 1. The van der Waals surface area contributed by atoms with E-state index in [1.54, 1.807) is 18.2 Å². The number of ether oxygens (including phenoxy) is 4. The van der Waals surface area contributed by atoms with Gasteiger partial charge in [0.15, 0.2) is 11.5 Å². The van der Waals surface area contributed by atoms with Gasteiger partial charge in [0.2, 0.25) is 0 Å². The number of methoxy groups -OCH3 is 2. The number of aryl methyl sites for hydroxylation is 1. The number of rotatable bonds is 8. The average Bonchev–Trinajstić information content (AvgIpc) is 2.64. The highest BCUT2D eigenvalue weighted by Gasteiger charge is 2.10. The quantitative estimate of drug-likeness (QED) is 0.390. The van der Waals surface area contributed by atoms with Gasteiger partial charge in [-0.1, -0.05) is 29.3 Å². The minimum Gasteiger partial charge on any atom is -0.493 e. The van der Waals surface area contributed by atoms with Gasteiger partial charge < -0.3 is 18.9 Å². The Kier molecular flexibility index (Phi) is 7.36. The molecule has 0 bridgehead atoms. The molecule has 0 heterocycles. The summed E-state index contributed by atoms with van der Waals surface area (Å²) in [4.78, 5) is 11.8. The minimum absolute atomic E-state index is 0.156. The molecule has 0 saturated carbocycles. The van der Waals surface area contributed by atoms with Crippen LogP contribution in [0.3, 0.4) is 0 Å². The molecule has 0 unspecified atom stereocenters. The van der Waals surface area contributed by atoms with Crippen molar-refractivity contribution in [3.63, 3.8) is 0 Å². The van der Waals surface area contributed by atoms with Gasteiger partial charge in [0.1, 0.15) is 19.0 Å². The van der Waals surface area contributed by atoms with Gasteiger partial charge in [0.05, 0.1) is 19.2 Å². The van der Waals surface area contributed by atoms with Crippen molar-refractivity contribution >= 4 is 23.6 Å². The maximum Gasteiger partial charge on any atom is 0.330 e. The largest absolute Gasteiger partial charge is 0.493 e. The molecular formula is C20H21ClO5. The second-order valence-corrected chi connectivity index (χ2v) is 5.81. The van der Waals surface area contributed by atoms with Crippen LogP contribution in [0.25, 0.3) is 6.08 Å². The number of hydrogen-bond donors (Lipinski definition) is 0. The van der Waals surface area contributed by atoms with Crippen LogP contribution in [0, 0.1) is 6.92 Å². The summed E-state index contributed by atoms with van der Waals surface area (Å²) >= 11 is 6.13. The molecule has 138 valence electrons. The molecule has 0 spiro atoms. The van der Waals surface area contributed by atoms with Crippen LogP contribution in [0.1, 0.15) is 11.1 Å². The summed E-state index contributed by atoms with van der Waals surface area (Å²) in [7, 11) is 3.03. The molecule has 0 atom stereocenters. The maximum absolute atomic E-state index is 11.8. The highest BCUT2D eigenvalue weighted by atomic mass is 35.5. The Labute approximate surface area is 158 Å². The van der Waals surface area contributed by atoms with Crippen LogP contribution in [-0.2, 0) is 9.53 Å². The zero-order valence-corrected chi connectivity index (χ0v) is 15.7. The molecule has 0 aliphatic heterocycles. The van der Waals surface area contributed by atoms with Gasteiger partial charge in [-0.15, -0.1) is 0 Å². The monoisotopic (exact) mass is 376 g/mol. The van der Waals surface area contributed by atoms with E-state index < -0.39 is 5.97 Å². The average molecular weight is 377 g/mol. The number of carbonyl (C=O) groups excluding carboxylic acids is 1. The third-order valence-corrected chi connectivity index (χ3v) is 3.77. The molecule has 0 fully saturated rings. The molecular weight excluding hydrogens is 356 g/mol. The van der Waals surface area contributed by atoms with Gasteiger partial charge in [-0.3, -0.25) is 0 Å². The Bertz CT molecular complexity index is 769. The first-order chi connectivity index (χ1) is 12.5. The summed E-state index contributed by atoms with van der Waals surface area (Å²) in [6.45, 7) is 2.44. The molecule has 2 aromatic carbocycles. The van der Waals surface area contributed by atoms with E-state index in [1.807, 2.05) is 31.2 Å². The van der Waals surface area contributed by atoms with Crippen molar-refractivity contribution in [1.29, 1.82) is 0 Å². The van der Waals surface area contributed by atoms with Crippen LogP contribution in [0.4, 0.5) is 0 Å². The normalized spacial score (nSPS) is 10.6. The van der Waals surface area contributed by atoms with E-state index in [4.69, 9.17) is 30.5 Å². The lowest BCUT2D eigenvalue weighted by Crippen LogP contribution is -2.10. The van der Waals surface area contributed by atoms with Crippen LogP contribution >= 0.6 is 11.6 Å². The summed E-state index contributed by atoms with van der Waals surface area (Å²) < 4.78 is 21.0. The highest BCUT2D eigenvalue weighted by molar-refractivity contribution is 6.32. The Balaban J connectivity index is 1.83. The van der Waals surface area contributed by atoms with Gasteiger partial charge in [-0.2, -0.15) is 0 Å². The first-order valence-electron chi connectivity index (χ1n) is 7.99. The minimum atomic E-state index is -0.469. The fraction of sp³-hybridized carbons (Fsp3) is 0.250. The van der Waals surface area contributed by atoms with Crippen molar-refractivity contribution < 1.29 is 23.7 Å². The number of esters is 1. The van der Waals surface area contributed by atoms with Crippen LogP contribution in [0.15, 0.2) is 42.5 Å². The van der Waals surface area contributed by atoms with Crippen molar-refractivity contribution in [2.75, 3.05) is 27.4 Å². The fourth-order valence-corrected chi connectivity index (χ4v) is 2.48. The second-order valence-electron chi connectivity index (χ2n) is 5.40. The van der Waals surface area contributed by atoms with Crippen molar-refractivity contribution in [1.82, 2.24) is 0 Å². The number of benzene rings is 2. The Morgan fingerprint density at radius 1 is 1.08 bits per heavy atom. The van der Waals surface area contributed by atoms with E-state index in [9.17, 15) is 4.79 Å². The first kappa shape index (κ1) is 19.7.